The Morgan fingerprint density at radius 2 is 1.95 bits per heavy atom. The molecule has 0 saturated carbocycles. The molecule has 1 amide bonds. The van der Waals surface area contributed by atoms with Crippen LogP contribution in [0, 0.1) is 19.7 Å². The van der Waals surface area contributed by atoms with Crippen molar-refractivity contribution in [3.05, 3.63) is 52.7 Å². The molecule has 1 aromatic carbocycles. The molecule has 0 unspecified atom stereocenters. The number of hydrogen-bond donors (Lipinski definition) is 2. The van der Waals surface area contributed by atoms with E-state index in [0.29, 0.717) is 17.1 Å². The molecule has 0 aliphatic heterocycles. The second-order valence-corrected chi connectivity index (χ2v) is 4.28. The van der Waals surface area contributed by atoms with E-state index in [0.717, 1.165) is 6.07 Å². The van der Waals surface area contributed by atoms with E-state index in [1.165, 1.54) is 12.1 Å². The summed E-state index contributed by atoms with van der Waals surface area (Å²) in [6.07, 6.45) is 0. The molecule has 0 spiro atoms. The molecule has 104 valence electrons. The first-order valence-corrected chi connectivity index (χ1v) is 5.79. The van der Waals surface area contributed by atoms with Crippen molar-refractivity contribution in [3.8, 4) is 0 Å². The van der Waals surface area contributed by atoms with Crippen molar-refractivity contribution in [1.29, 1.82) is 0 Å². The third-order valence-corrected chi connectivity index (χ3v) is 2.75. The molecule has 0 aliphatic rings. The van der Waals surface area contributed by atoms with Crippen LogP contribution in [0.1, 0.15) is 32.2 Å². The second-order valence-electron chi connectivity index (χ2n) is 4.28. The van der Waals surface area contributed by atoms with E-state index in [9.17, 15) is 14.0 Å². The number of amides is 1. The Hall–Kier alpha value is -2.63. The Labute approximate surface area is 114 Å². The fourth-order valence-electron chi connectivity index (χ4n) is 1.80. The van der Waals surface area contributed by atoms with Crippen molar-refractivity contribution < 1.29 is 23.5 Å². The molecule has 5 nitrogen and oxygen atoms in total. The Morgan fingerprint density at radius 3 is 2.45 bits per heavy atom. The zero-order valence-corrected chi connectivity index (χ0v) is 10.9. The summed E-state index contributed by atoms with van der Waals surface area (Å²) in [5.74, 6) is -1.54. The van der Waals surface area contributed by atoms with Crippen LogP contribution in [-0.2, 0) is 0 Å². The number of hydrogen-bond acceptors (Lipinski definition) is 3. The molecule has 1 heterocycles. The number of nitrogens with one attached hydrogen (secondary N) is 1. The van der Waals surface area contributed by atoms with E-state index in [-0.39, 0.29) is 11.3 Å². The maximum atomic E-state index is 13.7. The maximum Gasteiger partial charge on any atom is 0.335 e. The fourth-order valence-corrected chi connectivity index (χ4v) is 1.80. The second kappa shape index (κ2) is 5.16. The summed E-state index contributed by atoms with van der Waals surface area (Å²) in [5.41, 5.74) is 0.0401. The van der Waals surface area contributed by atoms with E-state index >= 15 is 0 Å². The molecule has 20 heavy (non-hydrogen) atoms. The number of aryl methyl sites for hydroxylation is 2. The summed E-state index contributed by atoms with van der Waals surface area (Å²) in [6.45, 7) is 3.33. The molecule has 1 aromatic heterocycles. The highest BCUT2D eigenvalue weighted by molar-refractivity contribution is 6.05. The van der Waals surface area contributed by atoms with Crippen molar-refractivity contribution in [2.45, 2.75) is 13.8 Å². The lowest BCUT2D eigenvalue weighted by Gasteiger charge is -2.06. The van der Waals surface area contributed by atoms with E-state index < -0.39 is 17.7 Å². The van der Waals surface area contributed by atoms with Gasteiger partial charge in [-0.2, -0.15) is 0 Å². The zero-order chi connectivity index (χ0) is 14.9. The van der Waals surface area contributed by atoms with Gasteiger partial charge in [0.25, 0.3) is 5.91 Å². The minimum atomic E-state index is -1.23. The minimum absolute atomic E-state index is 0.0850. The predicted octanol–water partition coefficient (Wildman–Crippen LogP) is 2.99. The van der Waals surface area contributed by atoms with E-state index in [4.69, 9.17) is 9.52 Å². The summed E-state index contributed by atoms with van der Waals surface area (Å²) in [7, 11) is 0. The summed E-state index contributed by atoms with van der Waals surface area (Å²) in [6, 6.07) is 4.83. The van der Waals surface area contributed by atoms with Gasteiger partial charge in [-0.05, 0) is 38.1 Å². The van der Waals surface area contributed by atoms with Gasteiger partial charge in [-0.15, -0.1) is 0 Å². The monoisotopic (exact) mass is 277 g/mol. The molecule has 2 aromatic rings. The van der Waals surface area contributed by atoms with E-state index in [1.807, 2.05) is 0 Å². The van der Waals surface area contributed by atoms with Crippen LogP contribution in [-0.4, -0.2) is 17.0 Å². The number of rotatable bonds is 3. The molecule has 0 radical (unpaired) electrons. The van der Waals surface area contributed by atoms with Crippen LogP contribution in [0.15, 0.2) is 28.7 Å². The highest BCUT2D eigenvalue weighted by atomic mass is 19.1. The Morgan fingerprint density at radius 1 is 1.25 bits per heavy atom. The van der Waals surface area contributed by atoms with Gasteiger partial charge in [0.2, 0.25) is 0 Å². The average molecular weight is 277 g/mol. The fraction of sp³-hybridized carbons (Fsp3) is 0.143. The van der Waals surface area contributed by atoms with Crippen LogP contribution in [0.2, 0.25) is 0 Å². The van der Waals surface area contributed by atoms with Gasteiger partial charge in [0, 0.05) is 0 Å². The van der Waals surface area contributed by atoms with Gasteiger partial charge in [0.05, 0.1) is 16.8 Å². The lowest BCUT2D eigenvalue weighted by Crippen LogP contribution is -2.13. The first-order chi connectivity index (χ1) is 9.38. The van der Waals surface area contributed by atoms with Gasteiger partial charge in [-0.3, -0.25) is 4.79 Å². The van der Waals surface area contributed by atoms with Gasteiger partial charge >= 0.3 is 5.97 Å². The largest absolute Gasteiger partial charge is 0.478 e. The van der Waals surface area contributed by atoms with Crippen molar-refractivity contribution in [3.63, 3.8) is 0 Å². The normalized spacial score (nSPS) is 10.3. The van der Waals surface area contributed by atoms with Gasteiger partial charge in [-0.1, -0.05) is 0 Å². The number of carboxylic acids is 1. The van der Waals surface area contributed by atoms with Gasteiger partial charge in [0.1, 0.15) is 17.3 Å². The van der Waals surface area contributed by atoms with Crippen LogP contribution in [0.25, 0.3) is 0 Å². The molecule has 0 bridgehead atoms. The number of halogens is 1. The standard InChI is InChI=1S/C14H12FNO4/c1-7-5-10(8(2)20-7)13(17)16-12-4-3-9(14(18)19)6-11(12)15/h3-6H,1-2H3,(H,16,17)(H,18,19). The van der Waals surface area contributed by atoms with Gasteiger partial charge < -0.3 is 14.8 Å². The third kappa shape index (κ3) is 2.69. The Balaban J connectivity index is 2.24. The molecule has 0 aliphatic carbocycles. The zero-order valence-electron chi connectivity index (χ0n) is 10.9. The van der Waals surface area contributed by atoms with Crippen molar-refractivity contribution in [1.82, 2.24) is 0 Å². The summed E-state index contributed by atoms with van der Waals surface area (Å²) >= 11 is 0. The number of carbonyl (C=O) groups excluding carboxylic acids is 1. The predicted molar refractivity (Wildman–Crippen MR) is 69.5 cm³/mol. The molecule has 2 N–H and O–H groups in total. The van der Waals surface area contributed by atoms with Crippen molar-refractivity contribution in [2.75, 3.05) is 5.32 Å². The van der Waals surface area contributed by atoms with Crippen LogP contribution in [0.4, 0.5) is 10.1 Å². The summed E-state index contributed by atoms with van der Waals surface area (Å²) in [5, 5.41) is 11.1. The quantitative estimate of drug-likeness (QED) is 0.903. The molecule has 2 rings (SSSR count). The number of furan rings is 1. The number of carbonyl (C=O) groups is 2. The van der Waals surface area contributed by atoms with Crippen molar-refractivity contribution >= 4 is 17.6 Å². The third-order valence-electron chi connectivity index (χ3n) is 2.75. The van der Waals surface area contributed by atoms with Crippen LogP contribution in [0.5, 0.6) is 0 Å². The van der Waals surface area contributed by atoms with Gasteiger partial charge in [-0.25, -0.2) is 9.18 Å². The highest BCUT2D eigenvalue weighted by Gasteiger charge is 2.16. The number of carboxylic acid groups (broad SMARTS) is 1. The minimum Gasteiger partial charge on any atom is -0.478 e. The average Bonchev–Trinajstić information content (AvgIpc) is 2.70. The first-order valence-electron chi connectivity index (χ1n) is 5.79. The number of anilines is 1. The Bertz CT molecular complexity index is 690. The maximum absolute atomic E-state index is 13.7. The van der Waals surface area contributed by atoms with E-state index in [1.54, 1.807) is 19.9 Å². The molecular weight excluding hydrogens is 265 g/mol. The number of aromatic carboxylic acids is 1. The topological polar surface area (TPSA) is 79.5 Å². The smallest absolute Gasteiger partial charge is 0.335 e. The molecule has 0 fully saturated rings. The molecule has 0 saturated heterocycles. The van der Waals surface area contributed by atoms with E-state index in [2.05, 4.69) is 5.32 Å². The van der Waals surface area contributed by atoms with Crippen molar-refractivity contribution in [2.24, 2.45) is 0 Å². The number of benzene rings is 1. The molecule has 6 heteroatoms. The van der Waals surface area contributed by atoms with Crippen LogP contribution >= 0.6 is 0 Å². The lowest BCUT2D eigenvalue weighted by molar-refractivity contribution is 0.0696. The van der Waals surface area contributed by atoms with Crippen LogP contribution in [0.3, 0.4) is 0 Å². The molecular formula is C14H12FNO4. The Kier molecular flexibility index (Phi) is 3.56. The first kappa shape index (κ1) is 13.8. The lowest BCUT2D eigenvalue weighted by atomic mass is 10.2. The molecule has 0 atom stereocenters. The van der Waals surface area contributed by atoms with Crippen LogP contribution < -0.4 is 5.32 Å². The summed E-state index contributed by atoms with van der Waals surface area (Å²) < 4.78 is 18.9. The SMILES string of the molecule is Cc1cc(C(=O)Nc2ccc(C(=O)O)cc2F)c(C)o1. The summed E-state index contributed by atoms with van der Waals surface area (Å²) in [4.78, 5) is 22.7. The highest BCUT2D eigenvalue weighted by Crippen LogP contribution is 2.19. The van der Waals surface area contributed by atoms with Gasteiger partial charge in [0.15, 0.2) is 0 Å².